The molecule has 4 aromatic rings. The minimum Gasteiger partial charge on any atom is -0.493 e. The maximum Gasteiger partial charge on any atom is 0.247 e. The van der Waals surface area contributed by atoms with Crippen molar-refractivity contribution < 1.29 is 27.5 Å². The summed E-state index contributed by atoms with van der Waals surface area (Å²) in [5, 5.41) is 3.00. The van der Waals surface area contributed by atoms with Crippen LogP contribution in [-0.4, -0.2) is 63.0 Å². The van der Waals surface area contributed by atoms with Crippen LogP contribution < -0.4 is 14.8 Å². The minimum absolute atomic E-state index is 0.0259. The van der Waals surface area contributed by atoms with E-state index in [0.717, 1.165) is 27.3 Å². The Morgan fingerprint density at radius 1 is 0.733 bits per heavy atom. The molecule has 10 heteroatoms. The smallest absolute Gasteiger partial charge is 0.247 e. The van der Waals surface area contributed by atoms with Crippen molar-refractivity contribution in [1.82, 2.24) is 14.5 Å². The quantitative estimate of drug-likeness (QED) is 0.206. The number of carbonyl (C=O) groups is 2. The summed E-state index contributed by atoms with van der Waals surface area (Å²) < 4.78 is 37.6. The van der Waals surface area contributed by atoms with E-state index in [-0.39, 0.29) is 19.0 Å². The third-order valence-electron chi connectivity index (χ3n) is 7.33. The number of benzene rings is 4. The van der Waals surface area contributed by atoms with E-state index in [4.69, 9.17) is 9.47 Å². The van der Waals surface area contributed by atoms with Crippen LogP contribution in [0.4, 0.5) is 0 Å². The Bertz CT molecular complexity index is 1650. The van der Waals surface area contributed by atoms with Crippen molar-refractivity contribution >= 4 is 21.8 Å². The zero-order valence-electron chi connectivity index (χ0n) is 25.8. The van der Waals surface area contributed by atoms with Crippen LogP contribution in [0.1, 0.15) is 28.3 Å². The number of ether oxygens (including phenoxy) is 2. The third-order valence-corrected chi connectivity index (χ3v) is 8.53. The lowest BCUT2D eigenvalue weighted by atomic mass is 10.0. The number of nitrogens with one attached hydrogen (secondary N) is 1. The van der Waals surface area contributed by atoms with Crippen molar-refractivity contribution in [2.45, 2.75) is 25.6 Å². The van der Waals surface area contributed by atoms with Gasteiger partial charge in [-0.15, -0.1) is 0 Å². The second-order valence-corrected chi connectivity index (χ2v) is 12.5. The summed E-state index contributed by atoms with van der Waals surface area (Å²) in [7, 11) is -0.628. The van der Waals surface area contributed by atoms with Crippen molar-refractivity contribution in [2.75, 3.05) is 33.6 Å². The third kappa shape index (κ3) is 9.41. The molecule has 2 amide bonds. The van der Waals surface area contributed by atoms with Crippen molar-refractivity contribution in [3.8, 4) is 11.5 Å². The van der Waals surface area contributed by atoms with Crippen LogP contribution in [0.2, 0.25) is 0 Å². The molecular weight excluding hydrogens is 590 g/mol. The summed E-state index contributed by atoms with van der Waals surface area (Å²) in [5.74, 6) is 0.331. The van der Waals surface area contributed by atoms with Gasteiger partial charge in [0.15, 0.2) is 11.5 Å². The fraction of sp³-hybridized carbons (Fsp3) is 0.257. The number of carbonyl (C=O) groups excluding carboxylic acids is 2. The highest BCUT2D eigenvalue weighted by Crippen LogP contribution is 2.28. The van der Waals surface area contributed by atoms with Crippen LogP contribution in [0, 0.1) is 0 Å². The molecule has 0 aliphatic carbocycles. The zero-order valence-corrected chi connectivity index (χ0v) is 26.6. The SMILES string of the molecule is COc1ccc(CCNC(=O)C(c2ccccc2)N(Cc2ccccc2)C(=O)CN(Cc2ccccc2)S(C)(=O)=O)cc1OC. The van der Waals surface area contributed by atoms with E-state index in [9.17, 15) is 18.0 Å². The first-order chi connectivity index (χ1) is 21.7. The first-order valence-electron chi connectivity index (χ1n) is 14.6. The largest absolute Gasteiger partial charge is 0.493 e. The summed E-state index contributed by atoms with van der Waals surface area (Å²) in [4.78, 5) is 29.6. The molecule has 0 saturated heterocycles. The number of methoxy groups -OCH3 is 2. The van der Waals surface area contributed by atoms with Crippen molar-refractivity contribution in [3.05, 3.63) is 131 Å². The molecule has 0 aliphatic heterocycles. The Labute approximate surface area is 265 Å². The molecule has 0 heterocycles. The van der Waals surface area contributed by atoms with Gasteiger partial charge in [-0.25, -0.2) is 8.42 Å². The summed E-state index contributed by atoms with van der Waals surface area (Å²) >= 11 is 0. The highest BCUT2D eigenvalue weighted by molar-refractivity contribution is 7.88. The molecular formula is C35H39N3O6S. The van der Waals surface area contributed by atoms with E-state index in [1.165, 1.54) is 4.90 Å². The molecule has 0 spiro atoms. The molecule has 0 fully saturated rings. The van der Waals surface area contributed by atoms with Gasteiger partial charge in [0.1, 0.15) is 6.04 Å². The highest BCUT2D eigenvalue weighted by Gasteiger charge is 2.33. The second-order valence-electron chi connectivity index (χ2n) is 10.6. The molecule has 0 saturated carbocycles. The molecule has 9 nitrogen and oxygen atoms in total. The van der Waals surface area contributed by atoms with Crippen molar-refractivity contribution in [2.24, 2.45) is 0 Å². The Hall–Kier alpha value is -4.67. The van der Waals surface area contributed by atoms with Gasteiger partial charge in [0, 0.05) is 19.6 Å². The van der Waals surface area contributed by atoms with Crippen LogP contribution >= 0.6 is 0 Å². The van der Waals surface area contributed by atoms with E-state index in [1.807, 2.05) is 97.1 Å². The standard InChI is InChI=1S/C35H39N3O6S/c1-43-31-20-19-27(23-32(31)44-2)21-22-36-35(40)34(30-17-11-6-12-18-30)38(25-29-15-9-5-10-16-29)33(39)26-37(45(3,41)42)24-28-13-7-4-8-14-28/h4-20,23,34H,21-22,24-26H2,1-3H3,(H,36,40). The topological polar surface area (TPSA) is 105 Å². The van der Waals surface area contributed by atoms with E-state index in [1.54, 1.807) is 26.4 Å². The molecule has 1 N–H and O–H groups in total. The second kappa shape index (κ2) is 15.9. The maximum atomic E-state index is 14.2. The number of rotatable bonds is 15. The van der Waals surface area contributed by atoms with Crippen LogP contribution in [0.3, 0.4) is 0 Å². The predicted molar refractivity (Wildman–Crippen MR) is 174 cm³/mol. The number of nitrogens with zero attached hydrogens (tertiary/aromatic N) is 2. The Kier molecular flexibility index (Phi) is 11.7. The highest BCUT2D eigenvalue weighted by atomic mass is 32.2. The number of hydrogen-bond acceptors (Lipinski definition) is 6. The lowest BCUT2D eigenvalue weighted by Gasteiger charge is -2.33. The number of hydrogen-bond donors (Lipinski definition) is 1. The first kappa shape index (κ1) is 33.2. The normalized spacial score (nSPS) is 11.9. The molecule has 0 aliphatic rings. The molecule has 0 aromatic heterocycles. The van der Waals surface area contributed by atoms with Crippen LogP contribution in [0.5, 0.6) is 11.5 Å². The van der Waals surface area contributed by atoms with E-state index < -0.39 is 28.5 Å². The zero-order chi connectivity index (χ0) is 32.2. The minimum atomic E-state index is -3.76. The monoisotopic (exact) mass is 629 g/mol. The van der Waals surface area contributed by atoms with Gasteiger partial charge < -0.3 is 19.7 Å². The first-order valence-corrected chi connectivity index (χ1v) is 16.4. The van der Waals surface area contributed by atoms with Gasteiger partial charge in [-0.3, -0.25) is 9.59 Å². The van der Waals surface area contributed by atoms with Crippen LogP contribution in [0.25, 0.3) is 0 Å². The Balaban J connectivity index is 1.62. The Morgan fingerprint density at radius 3 is 1.84 bits per heavy atom. The molecule has 45 heavy (non-hydrogen) atoms. The van der Waals surface area contributed by atoms with Gasteiger partial charge in [0.2, 0.25) is 21.8 Å². The van der Waals surface area contributed by atoms with Gasteiger partial charge in [-0.1, -0.05) is 97.1 Å². The maximum absolute atomic E-state index is 14.2. The van der Waals surface area contributed by atoms with Gasteiger partial charge in [0.25, 0.3) is 0 Å². The summed E-state index contributed by atoms with van der Waals surface area (Å²) in [6, 6.07) is 32.0. The fourth-order valence-corrected chi connectivity index (χ4v) is 5.72. The van der Waals surface area contributed by atoms with Gasteiger partial charge in [-0.05, 0) is 40.8 Å². The van der Waals surface area contributed by atoms with Crippen molar-refractivity contribution in [1.29, 1.82) is 0 Å². The molecule has 236 valence electrons. The van der Waals surface area contributed by atoms with Gasteiger partial charge in [-0.2, -0.15) is 4.31 Å². The predicted octanol–water partition coefficient (Wildman–Crippen LogP) is 4.59. The Morgan fingerprint density at radius 2 is 1.29 bits per heavy atom. The molecule has 1 unspecified atom stereocenters. The average Bonchev–Trinajstić information content (AvgIpc) is 3.05. The van der Waals surface area contributed by atoms with Crippen LogP contribution in [0.15, 0.2) is 109 Å². The average molecular weight is 630 g/mol. The number of sulfonamides is 1. The lowest BCUT2D eigenvalue weighted by Crippen LogP contribution is -2.48. The lowest BCUT2D eigenvalue weighted by molar-refractivity contribution is -0.141. The van der Waals surface area contributed by atoms with Gasteiger partial charge >= 0.3 is 0 Å². The summed E-state index contributed by atoms with van der Waals surface area (Å²) in [6.07, 6.45) is 1.60. The molecule has 4 aromatic carbocycles. The number of amides is 2. The molecule has 4 rings (SSSR count). The molecule has 0 bridgehead atoms. The van der Waals surface area contributed by atoms with E-state index in [0.29, 0.717) is 30.0 Å². The van der Waals surface area contributed by atoms with Gasteiger partial charge in [0.05, 0.1) is 27.0 Å². The van der Waals surface area contributed by atoms with E-state index in [2.05, 4.69) is 5.32 Å². The molecule has 1 atom stereocenters. The summed E-state index contributed by atoms with van der Waals surface area (Å²) in [5.41, 5.74) is 3.10. The molecule has 0 radical (unpaired) electrons. The van der Waals surface area contributed by atoms with Crippen molar-refractivity contribution in [3.63, 3.8) is 0 Å². The fourth-order valence-electron chi connectivity index (χ4n) is 4.99. The van der Waals surface area contributed by atoms with Crippen LogP contribution in [-0.2, 0) is 39.1 Å². The summed E-state index contributed by atoms with van der Waals surface area (Å²) in [6.45, 7) is 0.000687. The van der Waals surface area contributed by atoms with E-state index >= 15 is 0 Å².